The van der Waals surface area contributed by atoms with E-state index in [9.17, 15) is 19.5 Å². The van der Waals surface area contributed by atoms with E-state index in [1.807, 2.05) is 21.1 Å². The zero-order chi connectivity index (χ0) is 50.6. The number of quaternary nitrogens is 1. The summed E-state index contributed by atoms with van der Waals surface area (Å²) in [5, 5.41) is 11.8. The van der Waals surface area contributed by atoms with E-state index in [2.05, 4.69) is 62.5 Å². The van der Waals surface area contributed by atoms with Gasteiger partial charge in [-0.05, 0) is 77.0 Å². The lowest BCUT2D eigenvalue weighted by Gasteiger charge is -2.26. The van der Waals surface area contributed by atoms with E-state index in [0.29, 0.717) is 17.4 Å². The summed E-state index contributed by atoms with van der Waals surface area (Å²) in [5.74, 6) is -2.29. The number of aliphatic carboxylic acids is 1. The molecule has 0 bridgehead atoms. The van der Waals surface area contributed by atoms with Gasteiger partial charge in [-0.3, -0.25) is 9.59 Å². The largest absolute Gasteiger partial charge is 0.545 e. The highest BCUT2D eigenvalue weighted by atomic mass is 16.7. The van der Waals surface area contributed by atoms with Crippen molar-refractivity contribution in [1.82, 2.24) is 0 Å². The third-order valence-electron chi connectivity index (χ3n) is 12.5. The highest BCUT2D eigenvalue weighted by Gasteiger charge is 2.22. The van der Waals surface area contributed by atoms with Gasteiger partial charge in [0.05, 0.1) is 40.3 Å². The molecule has 0 saturated heterocycles. The fraction of sp³-hybridized carbons (Fsp3) is 0.817. The van der Waals surface area contributed by atoms with Crippen LogP contribution in [0.3, 0.4) is 0 Å². The molecule has 0 fully saturated rings. The molecule has 0 rings (SSSR count). The molecule has 0 amide bonds. The smallest absolute Gasteiger partial charge is 0.306 e. The summed E-state index contributed by atoms with van der Waals surface area (Å²) in [7, 11) is 5.92. The average Bonchev–Trinajstić information content (AvgIpc) is 3.31. The van der Waals surface area contributed by atoms with Crippen LogP contribution in [-0.2, 0) is 33.3 Å². The number of carboxylic acid groups (broad SMARTS) is 1. The molecule has 0 N–H and O–H groups in total. The molecule has 402 valence electrons. The molecule has 0 heterocycles. The number of hydrogen-bond donors (Lipinski definition) is 0. The number of carbonyl (C=O) groups is 3. The van der Waals surface area contributed by atoms with Crippen LogP contribution in [-0.4, -0.2) is 82.3 Å². The first-order valence-corrected chi connectivity index (χ1v) is 28.8. The predicted molar refractivity (Wildman–Crippen MR) is 288 cm³/mol. The van der Waals surface area contributed by atoms with Gasteiger partial charge in [-0.1, -0.05) is 217 Å². The van der Waals surface area contributed by atoms with Gasteiger partial charge in [-0.25, -0.2) is 0 Å². The summed E-state index contributed by atoms with van der Waals surface area (Å²) < 4.78 is 22.7. The summed E-state index contributed by atoms with van der Waals surface area (Å²) >= 11 is 0. The molecule has 9 nitrogen and oxygen atoms in total. The van der Waals surface area contributed by atoms with Gasteiger partial charge in [0.2, 0.25) is 0 Å². The quantitative estimate of drug-likeness (QED) is 0.0195. The minimum Gasteiger partial charge on any atom is -0.545 e. The van der Waals surface area contributed by atoms with Crippen LogP contribution in [0.25, 0.3) is 0 Å². The maximum atomic E-state index is 12.8. The van der Waals surface area contributed by atoms with Crippen LogP contribution in [0, 0.1) is 0 Å². The minimum absolute atomic E-state index is 0.144. The van der Waals surface area contributed by atoms with Crippen LogP contribution in [0.1, 0.15) is 258 Å². The van der Waals surface area contributed by atoms with Crippen molar-refractivity contribution in [2.75, 3.05) is 47.5 Å². The van der Waals surface area contributed by atoms with Crippen LogP contribution in [0.5, 0.6) is 0 Å². The van der Waals surface area contributed by atoms with Gasteiger partial charge >= 0.3 is 11.9 Å². The first-order chi connectivity index (χ1) is 33.6. The van der Waals surface area contributed by atoms with Crippen molar-refractivity contribution in [1.29, 1.82) is 0 Å². The van der Waals surface area contributed by atoms with E-state index in [0.717, 1.165) is 70.6 Å². The van der Waals surface area contributed by atoms with Gasteiger partial charge in [0.1, 0.15) is 13.2 Å². The van der Waals surface area contributed by atoms with Crippen LogP contribution in [0.2, 0.25) is 0 Å². The SMILES string of the molecule is CCCCC/C=C\C/C=C\C/C=C\CCCCCCCCC(=O)OC(COC(=O)CCCCCCCCCCCCCCC/C=C\CCCCCCCCCC)COC(OCC[N+](C)(C)C)C(=O)[O-]. The molecule has 0 saturated carbocycles. The summed E-state index contributed by atoms with van der Waals surface area (Å²) in [6.07, 6.45) is 60.1. The number of allylic oxidation sites excluding steroid dienone is 8. The molecule has 0 radical (unpaired) electrons. The number of hydrogen-bond acceptors (Lipinski definition) is 8. The number of likely N-dealkylation sites (N-methyl/N-ethyl adjacent to an activating group) is 1. The number of carboxylic acids is 1. The first kappa shape index (κ1) is 66.2. The zero-order valence-electron chi connectivity index (χ0n) is 45.7. The maximum Gasteiger partial charge on any atom is 0.306 e. The molecule has 0 spiro atoms. The van der Waals surface area contributed by atoms with E-state index >= 15 is 0 Å². The molecule has 0 aromatic carbocycles. The highest BCUT2D eigenvalue weighted by molar-refractivity contribution is 5.70. The molecule has 0 aliphatic carbocycles. The third-order valence-corrected chi connectivity index (χ3v) is 12.5. The van der Waals surface area contributed by atoms with Crippen molar-refractivity contribution in [3.63, 3.8) is 0 Å². The zero-order valence-corrected chi connectivity index (χ0v) is 45.7. The molecule has 0 aromatic rings. The Hall–Kier alpha value is -2.75. The van der Waals surface area contributed by atoms with E-state index in [1.165, 1.54) is 154 Å². The topological polar surface area (TPSA) is 111 Å². The van der Waals surface area contributed by atoms with Crippen LogP contribution < -0.4 is 5.11 Å². The predicted octanol–water partition coefficient (Wildman–Crippen LogP) is 15.3. The number of esters is 2. The summed E-state index contributed by atoms with van der Waals surface area (Å²) in [5.41, 5.74) is 0. The van der Waals surface area contributed by atoms with Crippen molar-refractivity contribution in [3.05, 3.63) is 48.6 Å². The first-order valence-electron chi connectivity index (χ1n) is 28.8. The molecule has 2 atom stereocenters. The molecule has 2 unspecified atom stereocenters. The minimum atomic E-state index is -1.63. The lowest BCUT2D eigenvalue weighted by Crippen LogP contribution is -2.44. The molecule has 0 aliphatic rings. The number of carbonyl (C=O) groups excluding carboxylic acids is 3. The molecular weight excluding hydrogens is 863 g/mol. The van der Waals surface area contributed by atoms with Crippen LogP contribution >= 0.6 is 0 Å². The Morgan fingerprint density at radius 3 is 1.20 bits per heavy atom. The monoisotopic (exact) mass is 972 g/mol. The Morgan fingerprint density at radius 1 is 0.435 bits per heavy atom. The van der Waals surface area contributed by atoms with Crippen LogP contribution in [0.4, 0.5) is 0 Å². The Morgan fingerprint density at radius 2 is 0.783 bits per heavy atom. The molecule has 69 heavy (non-hydrogen) atoms. The molecule has 0 aliphatic heterocycles. The average molecular weight is 973 g/mol. The summed E-state index contributed by atoms with van der Waals surface area (Å²) in [4.78, 5) is 37.3. The summed E-state index contributed by atoms with van der Waals surface area (Å²) in [6, 6.07) is 0. The fourth-order valence-electron chi connectivity index (χ4n) is 8.07. The van der Waals surface area contributed by atoms with Gasteiger partial charge in [0, 0.05) is 12.8 Å². The third kappa shape index (κ3) is 52.9. The van der Waals surface area contributed by atoms with Crippen molar-refractivity contribution in [2.24, 2.45) is 0 Å². The standard InChI is InChI=1S/C60H109NO8/c1-6-8-10-12-14-16-18-20-22-24-26-27-28-29-30-31-33-34-36-38-40-42-44-46-48-50-57(62)67-54-56(55-68-60(59(64)65)66-53-52-61(3,4)5)69-58(63)51-49-47-45-43-41-39-37-35-32-25-23-21-19-17-15-13-11-9-7-2/h15,17,21,23-24,26,32,35,56,60H,6-14,16,18-20,22,25,27-31,33-34,36-55H2,1-5H3/b17-15-,23-21-,26-24-,35-32-. The molecule has 0 aromatic heterocycles. The van der Waals surface area contributed by atoms with Crippen molar-refractivity contribution < 1.29 is 42.9 Å². The van der Waals surface area contributed by atoms with E-state index in [1.54, 1.807) is 0 Å². The Kier molecular flexibility index (Phi) is 49.5. The Balaban J connectivity index is 4.24. The lowest BCUT2D eigenvalue weighted by atomic mass is 10.0. The summed E-state index contributed by atoms with van der Waals surface area (Å²) in [6.45, 7) is 4.73. The second-order valence-corrected chi connectivity index (χ2v) is 20.6. The van der Waals surface area contributed by atoms with E-state index < -0.39 is 24.3 Å². The number of nitrogens with zero attached hydrogens (tertiary/aromatic N) is 1. The van der Waals surface area contributed by atoms with Gasteiger partial charge < -0.3 is 33.3 Å². The second-order valence-electron chi connectivity index (χ2n) is 20.6. The van der Waals surface area contributed by atoms with Gasteiger partial charge in [0.15, 0.2) is 12.4 Å². The van der Waals surface area contributed by atoms with Crippen LogP contribution in [0.15, 0.2) is 48.6 Å². The Bertz CT molecular complexity index is 1270. The normalized spacial score (nSPS) is 13.1. The number of rotatable bonds is 53. The van der Waals surface area contributed by atoms with E-state index in [4.69, 9.17) is 18.9 Å². The number of unbranched alkanes of at least 4 members (excludes halogenated alkanes) is 30. The second kappa shape index (κ2) is 51.6. The van der Waals surface area contributed by atoms with Crippen molar-refractivity contribution in [2.45, 2.75) is 270 Å². The molecule has 9 heteroatoms. The highest BCUT2D eigenvalue weighted by Crippen LogP contribution is 2.16. The Labute approximate surface area is 425 Å². The number of ether oxygens (including phenoxy) is 4. The van der Waals surface area contributed by atoms with Crippen molar-refractivity contribution in [3.8, 4) is 0 Å². The van der Waals surface area contributed by atoms with Gasteiger partial charge in [-0.15, -0.1) is 0 Å². The van der Waals surface area contributed by atoms with E-state index in [-0.39, 0.29) is 38.6 Å². The fourth-order valence-corrected chi connectivity index (χ4v) is 8.07. The lowest BCUT2D eigenvalue weighted by molar-refractivity contribution is -0.870. The van der Waals surface area contributed by atoms with Crippen molar-refractivity contribution >= 4 is 17.9 Å². The molecular formula is C60H109NO8. The van der Waals surface area contributed by atoms with Gasteiger partial charge in [-0.2, -0.15) is 0 Å². The maximum absolute atomic E-state index is 12.8. The van der Waals surface area contributed by atoms with Gasteiger partial charge in [0.25, 0.3) is 0 Å².